The standard InChI is InChI=1S/C66H83NO20/c1-37-43(78-54(72)49(80-57(75)85-60(10,11)12)47(40-28-22-19-23-29-40)67(55(73)83-58(4,5)6)53(71)41-30-24-20-25-31-41)35-65-52(82-66(87-65,86-61(13,14)15)42-32-26-21-27-33-42)50-63(18,51(70)48(77-38(2)68)46(37)62(65,16)17)44(79-56(74)84-59(7,8)9)34-45-64(50,36-76-45)81-39(3)69/h19-33,43-45,47-50,52H,34-36H2,1-18H3/t43-,44-,45+,47-,48+,49+,50-,52-,63+,64-,65+,66?/m0/s1. The van der Waals surface area contributed by atoms with Crippen molar-refractivity contribution in [1.82, 2.24) is 4.90 Å². The van der Waals surface area contributed by atoms with Crippen LogP contribution in [0.15, 0.2) is 102 Å². The van der Waals surface area contributed by atoms with Crippen molar-refractivity contribution >= 4 is 48.0 Å². The maximum atomic E-state index is 16.8. The summed E-state index contributed by atoms with van der Waals surface area (Å²) in [6.45, 7) is 28.3. The number of amides is 2. The maximum Gasteiger partial charge on any atom is 0.509 e. The molecule has 2 bridgehead atoms. The molecule has 3 aromatic rings. The normalized spacial score (nSPS) is 29.1. The van der Waals surface area contributed by atoms with Crippen molar-refractivity contribution in [2.24, 2.45) is 16.7 Å². The van der Waals surface area contributed by atoms with Crippen LogP contribution in [0.3, 0.4) is 0 Å². The van der Waals surface area contributed by atoms with Crippen molar-refractivity contribution in [2.75, 3.05) is 6.61 Å². The van der Waals surface area contributed by atoms with Crippen LogP contribution < -0.4 is 0 Å². The van der Waals surface area contributed by atoms with E-state index in [2.05, 4.69) is 0 Å². The number of hydrogen-bond acceptors (Lipinski definition) is 20. The van der Waals surface area contributed by atoms with Crippen LogP contribution in [0.2, 0.25) is 0 Å². The molecule has 0 aromatic heterocycles. The molecule has 0 radical (unpaired) electrons. The third kappa shape index (κ3) is 12.9. The smallest absolute Gasteiger partial charge is 0.455 e. The molecule has 2 heterocycles. The first kappa shape index (κ1) is 65.8. The van der Waals surface area contributed by atoms with Gasteiger partial charge >= 0.3 is 42.3 Å². The Balaban J connectivity index is 1.43. The summed E-state index contributed by atoms with van der Waals surface area (Å²) in [5, 5.41) is 0. The lowest BCUT2D eigenvalue weighted by molar-refractivity contribution is -0.399. The van der Waals surface area contributed by atoms with Crippen molar-refractivity contribution in [1.29, 1.82) is 0 Å². The molecule has 3 aromatic carbocycles. The van der Waals surface area contributed by atoms with Gasteiger partial charge in [-0.05, 0) is 126 Å². The average molecular weight is 1210 g/mol. The molecule has 87 heavy (non-hydrogen) atoms. The van der Waals surface area contributed by atoms with Gasteiger partial charge in [0.15, 0.2) is 17.5 Å². The quantitative estimate of drug-likeness (QED) is 0.0928. The lowest BCUT2D eigenvalue weighted by atomic mass is 9.44. The van der Waals surface area contributed by atoms with Gasteiger partial charge in [-0.3, -0.25) is 19.2 Å². The van der Waals surface area contributed by atoms with Crippen LogP contribution in [0.5, 0.6) is 0 Å². The summed E-state index contributed by atoms with van der Waals surface area (Å²) in [5.41, 5.74) is -11.5. The van der Waals surface area contributed by atoms with Crippen LogP contribution >= 0.6 is 0 Å². The van der Waals surface area contributed by atoms with Crippen LogP contribution in [0.1, 0.15) is 165 Å². The Morgan fingerprint density at radius 2 is 1.22 bits per heavy atom. The minimum absolute atomic E-state index is 0.00735. The molecule has 0 N–H and O–H groups in total. The van der Waals surface area contributed by atoms with Crippen LogP contribution in [0, 0.1) is 16.7 Å². The Morgan fingerprint density at radius 3 is 1.74 bits per heavy atom. The first-order valence-electron chi connectivity index (χ1n) is 29.2. The number of rotatable bonds is 12. The summed E-state index contributed by atoms with van der Waals surface area (Å²) in [5.74, 6) is -8.56. The summed E-state index contributed by atoms with van der Waals surface area (Å²) >= 11 is 0. The molecule has 8 rings (SSSR count). The van der Waals surface area contributed by atoms with E-state index in [1.54, 1.807) is 171 Å². The van der Waals surface area contributed by atoms with Gasteiger partial charge < -0.3 is 56.8 Å². The minimum atomic E-state index is -2.28. The van der Waals surface area contributed by atoms with Gasteiger partial charge in [0.25, 0.3) is 5.91 Å². The molecule has 472 valence electrons. The van der Waals surface area contributed by atoms with E-state index in [-0.39, 0.29) is 35.3 Å². The van der Waals surface area contributed by atoms with E-state index >= 15 is 14.4 Å². The number of benzene rings is 3. The van der Waals surface area contributed by atoms with Crippen molar-refractivity contribution in [3.63, 3.8) is 0 Å². The number of carbonyl (C=O) groups excluding carboxylic acids is 8. The zero-order chi connectivity index (χ0) is 64.4. The molecule has 21 nitrogen and oxygen atoms in total. The molecule has 1 unspecified atom stereocenters. The Labute approximate surface area is 508 Å². The first-order valence-corrected chi connectivity index (χ1v) is 29.2. The number of fused-ring (bicyclic) bond motifs is 5. The number of nitrogens with zero attached hydrogens (tertiary/aromatic N) is 1. The van der Waals surface area contributed by atoms with Crippen molar-refractivity contribution in [2.45, 2.75) is 220 Å². The van der Waals surface area contributed by atoms with Gasteiger partial charge in [0.1, 0.15) is 52.9 Å². The monoisotopic (exact) mass is 1210 g/mol. The van der Waals surface area contributed by atoms with Gasteiger partial charge in [-0.25, -0.2) is 24.1 Å². The fraction of sp³-hybridized carbons (Fsp3) is 0.576. The van der Waals surface area contributed by atoms with E-state index in [1.165, 1.54) is 38.1 Å². The van der Waals surface area contributed by atoms with E-state index < -0.39 is 153 Å². The Bertz CT molecular complexity index is 3170. The predicted octanol–water partition coefficient (Wildman–Crippen LogP) is 11.1. The van der Waals surface area contributed by atoms with Gasteiger partial charge in [0, 0.05) is 49.1 Å². The van der Waals surface area contributed by atoms with Crippen LogP contribution in [0.4, 0.5) is 14.4 Å². The van der Waals surface area contributed by atoms with E-state index in [0.29, 0.717) is 10.5 Å². The molecule has 1 spiro atoms. The molecular weight excluding hydrogens is 1130 g/mol. The Hall–Kier alpha value is -7.20. The van der Waals surface area contributed by atoms with Crippen LogP contribution in [-0.2, 0) is 82.0 Å². The second kappa shape index (κ2) is 23.4. The average Bonchev–Trinajstić information content (AvgIpc) is 1.64. The second-order valence-electron chi connectivity index (χ2n) is 27.7. The van der Waals surface area contributed by atoms with Crippen LogP contribution in [-0.4, -0.2) is 130 Å². The summed E-state index contributed by atoms with van der Waals surface area (Å²) in [6.07, 6.45) is -14.3. The largest absolute Gasteiger partial charge is 0.509 e. The molecule has 2 saturated carbocycles. The lowest BCUT2D eigenvalue weighted by Gasteiger charge is -2.67. The molecule has 2 amide bonds. The summed E-state index contributed by atoms with van der Waals surface area (Å²) < 4.78 is 78.0. The highest BCUT2D eigenvalue weighted by Gasteiger charge is 2.82. The lowest BCUT2D eigenvalue weighted by Crippen LogP contribution is -2.81. The van der Waals surface area contributed by atoms with Gasteiger partial charge in [-0.2, -0.15) is 0 Å². The van der Waals surface area contributed by atoms with Gasteiger partial charge in [0.05, 0.1) is 17.6 Å². The predicted molar refractivity (Wildman–Crippen MR) is 310 cm³/mol. The van der Waals surface area contributed by atoms with Crippen molar-refractivity contribution < 1.29 is 95.2 Å². The van der Waals surface area contributed by atoms with E-state index in [1.807, 2.05) is 0 Å². The zero-order valence-corrected chi connectivity index (χ0v) is 53.0. The molecule has 2 aliphatic heterocycles. The molecular formula is C66H83NO20. The number of esters is 3. The number of ketones is 1. The molecule has 4 fully saturated rings. The highest BCUT2D eigenvalue weighted by atomic mass is 16.9. The first-order chi connectivity index (χ1) is 40.2. The number of carbonyl (C=O) groups is 8. The van der Waals surface area contributed by atoms with E-state index in [4.69, 9.17) is 56.8 Å². The van der Waals surface area contributed by atoms with Gasteiger partial charge in [-0.1, -0.05) is 92.7 Å². The summed E-state index contributed by atoms with van der Waals surface area (Å²) in [7, 11) is 0. The van der Waals surface area contributed by atoms with Gasteiger partial charge in [-0.15, -0.1) is 0 Å². The SMILES string of the molecule is CC(=O)O[C@H]1C(=O)[C@]2(C)[C@@H](OC(=O)OC(C)(C)C)C[C@H]3OC[C@@]3(OC(C)=O)[C@H]2[C@@H]2OC(OC(C)(C)C)(c3ccccc3)O[C@]23C[C@H](OC(=O)[C@H](OC(=O)OC(C)(C)C)[C@H](c2ccccc2)N(C(=O)OC(C)(C)C)C(=O)c2ccccc2)C(C)=C1C3(C)C. The Kier molecular flexibility index (Phi) is 17.7. The van der Waals surface area contributed by atoms with Gasteiger partial charge in [0.2, 0.25) is 6.10 Å². The third-order valence-corrected chi connectivity index (χ3v) is 16.3. The van der Waals surface area contributed by atoms with E-state index in [0.717, 1.165) is 6.92 Å². The van der Waals surface area contributed by atoms with Crippen molar-refractivity contribution in [3.8, 4) is 0 Å². The molecule has 5 aliphatic rings. The minimum Gasteiger partial charge on any atom is -0.455 e. The molecule has 21 heteroatoms. The summed E-state index contributed by atoms with van der Waals surface area (Å²) in [4.78, 5) is 120. The fourth-order valence-corrected chi connectivity index (χ4v) is 13.0. The number of imide groups is 1. The number of hydrogen-bond donors (Lipinski definition) is 0. The number of ether oxygens (including phenoxy) is 12. The van der Waals surface area contributed by atoms with Crippen LogP contribution in [0.25, 0.3) is 0 Å². The van der Waals surface area contributed by atoms with E-state index in [9.17, 15) is 24.0 Å². The molecule has 12 atom stereocenters. The fourth-order valence-electron chi connectivity index (χ4n) is 13.0. The molecule has 2 saturated heterocycles. The summed E-state index contributed by atoms with van der Waals surface area (Å²) in [6, 6.07) is 22.4. The molecule has 3 aliphatic carbocycles. The highest BCUT2D eigenvalue weighted by Crippen LogP contribution is 2.70. The number of Topliss-reactive ketones (excluding diaryl/α,β-unsaturated/α-hetero) is 1. The topological polar surface area (TPSA) is 251 Å². The zero-order valence-electron chi connectivity index (χ0n) is 53.0. The second-order valence-corrected chi connectivity index (χ2v) is 27.7. The van der Waals surface area contributed by atoms with Crippen molar-refractivity contribution in [3.05, 3.63) is 119 Å². The third-order valence-electron chi connectivity index (χ3n) is 16.3. The highest BCUT2D eigenvalue weighted by molar-refractivity contribution is 6.04. The maximum absolute atomic E-state index is 16.8. The Morgan fingerprint density at radius 1 is 0.667 bits per heavy atom.